The first-order chi connectivity index (χ1) is 12.9. The van der Waals surface area contributed by atoms with Gasteiger partial charge in [-0.05, 0) is 29.8 Å². The van der Waals surface area contributed by atoms with E-state index in [-0.39, 0.29) is 5.69 Å². The number of anilines is 2. The smallest absolute Gasteiger partial charge is 0.322 e. The van der Waals surface area contributed by atoms with Gasteiger partial charge >= 0.3 is 6.18 Å². The Morgan fingerprint density at radius 2 is 1.74 bits per heavy atom. The fourth-order valence-corrected chi connectivity index (χ4v) is 2.45. The number of aromatic amines is 1. The third-order valence-electron chi connectivity index (χ3n) is 3.85. The van der Waals surface area contributed by atoms with Gasteiger partial charge in [0, 0.05) is 11.8 Å². The van der Waals surface area contributed by atoms with Gasteiger partial charge in [-0.25, -0.2) is 4.98 Å². The molecule has 0 unspecified atom stereocenters. The van der Waals surface area contributed by atoms with Crippen molar-refractivity contribution in [2.24, 2.45) is 0 Å². The third kappa shape index (κ3) is 5.07. The van der Waals surface area contributed by atoms with Crippen molar-refractivity contribution in [1.29, 1.82) is 0 Å². The molecule has 0 fully saturated rings. The Kier molecular flexibility index (Phi) is 5.40. The van der Waals surface area contributed by atoms with E-state index in [1.165, 1.54) is 18.3 Å². The number of benzene rings is 2. The van der Waals surface area contributed by atoms with Gasteiger partial charge in [-0.2, -0.15) is 13.2 Å². The lowest BCUT2D eigenvalue weighted by Crippen LogP contribution is -2.18. The van der Waals surface area contributed by atoms with E-state index >= 15 is 0 Å². The molecule has 3 N–H and O–H groups in total. The first kappa shape index (κ1) is 18.4. The number of halogens is 3. The molecule has 0 spiro atoms. The number of hydrogen-bond acceptors (Lipinski definition) is 2. The van der Waals surface area contributed by atoms with Crippen molar-refractivity contribution >= 4 is 17.4 Å². The number of amides is 1. The Morgan fingerprint density at radius 3 is 2.41 bits per heavy atom. The van der Waals surface area contributed by atoms with Gasteiger partial charge in [-0.3, -0.25) is 10.1 Å². The Morgan fingerprint density at radius 1 is 0.963 bits per heavy atom. The molecular weight excluding hydrogens is 355 g/mol. The van der Waals surface area contributed by atoms with E-state index in [9.17, 15) is 18.0 Å². The van der Waals surface area contributed by atoms with E-state index in [0.29, 0.717) is 12.1 Å². The Balaban J connectivity index is 1.62. The lowest BCUT2D eigenvalue weighted by Gasteiger charge is -2.09. The molecule has 1 heterocycles. The molecule has 7 heteroatoms. The highest BCUT2D eigenvalue weighted by Crippen LogP contribution is 2.30. The number of hydrogen-bond donors (Lipinski definition) is 2. The zero-order valence-electron chi connectivity index (χ0n) is 14.2. The van der Waals surface area contributed by atoms with E-state index in [2.05, 4.69) is 15.6 Å². The molecule has 27 heavy (non-hydrogen) atoms. The van der Waals surface area contributed by atoms with Crippen LogP contribution in [0.3, 0.4) is 0 Å². The summed E-state index contributed by atoms with van der Waals surface area (Å²) in [7, 11) is 0. The summed E-state index contributed by atoms with van der Waals surface area (Å²) < 4.78 is 38.2. The molecular formula is C20H17F3N3O+. The molecule has 0 saturated carbocycles. The predicted molar refractivity (Wildman–Crippen MR) is 96.2 cm³/mol. The van der Waals surface area contributed by atoms with Gasteiger partial charge in [-0.15, -0.1) is 0 Å². The molecule has 4 nitrogen and oxygen atoms in total. The summed E-state index contributed by atoms with van der Waals surface area (Å²) in [5.74, 6) is 0.217. The molecule has 0 saturated heterocycles. The van der Waals surface area contributed by atoms with Gasteiger partial charge in [0.2, 0.25) is 0 Å². The van der Waals surface area contributed by atoms with Crippen LogP contribution < -0.4 is 15.6 Å². The number of alkyl halides is 3. The molecule has 0 aliphatic rings. The van der Waals surface area contributed by atoms with Gasteiger partial charge < -0.3 is 5.32 Å². The Bertz CT molecular complexity index is 910. The van der Waals surface area contributed by atoms with E-state index in [1.54, 1.807) is 12.1 Å². The van der Waals surface area contributed by atoms with Crippen molar-refractivity contribution in [2.75, 3.05) is 10.6 Å². The molecule has 1 aromatic heterocycles. The van der Waals surface area contributed by atoms with Gasteiger partial charge in [0.05, 0.1) is 11.1 Å². The highest BCUT2D eigenvalue weighted by molar-refractivity contribution is 6.03. The topological polar surface area (TPSA) is 55.3 Å². The molecule has 0 aliphatic carbocycles. The summed E-state index contributed by atoms with van der Waals surface area (Å²) >= 11 is 0. The average Bonchev–Trinajstić information content (AvgIpc) is 2.67. The maximum absolute atomic E-state index is 12.7. The van der Waals surface area contributed by atoms with Crippen molar-refractivity contribution in [2.45, 2.75) is 12.7 Å². The molecule has 0 atom stereocenters. The van der Waals surface area contributed by atoms with Crippen molar-refractivity contribution in [3.8, 4) is 0 Å². The first-order valence-corrected chi connectivity index (χ1v) is 8.20. The summed E-state index contributed by atoms with van der Waals surface area (Å²) in [6.45, 7) is 0.618. The summed E-state index contributed by atoms with van der Waals surface area (Å²) in [4.78, 5) is 15.2. The fraction of sp³-hybridized carbons (Fsp3) is 0.100. The number of pyridine rings is 1. The Labute approximate surface area is 154 Å². The monoisotopic (exact) mass is 372 g/mol. The van der Waals surface area contributed by atoms with Crippen molar-refractivity contribution in [3.05, 3.63) is 89.6 Å². The number of H-pyrrole nitrogens is 1. The number of carbonyl (C=O) groups excluding carboxylic acids is 1. The minimum atomic E-state index is -4.46. The second-order valence-corrected chi connectivity index (χ2v) is 5.86. The molecule has 0 bridgehead atoms. The molecule has 0 radical (unpaired) electrons. The highest BCUT2D eigenvalue weighted by atomic mass is 19.4. The van der Waals surface area contributed by atoms with Gasteiger partial charge in [0.25, 0.3) is 11.7 Å². The van der Waals surface area contributed by atoms with Crippen LogP contribution in [0.15, 0.2) is 72.9 Å². The highest BCUT2D eigenvalue weighted by Gasteiger charge is 2.30. The van der Waals surface area contributed by atoms with Crippen LogP contribution >= 0.6 is 0 Å². The van der Waals surface area contributed by atoms with Crippen LogP contribution in [0.4, 0.5) is 24.7 Å². The summed E-state index contributed by atoms with van der Waals surface area (Å²) in [6, 6.07) is 17.6. The molecule has 3 aromatic rings. The molecule has 2 aromatic carbocycles. The van der Waals surface area contributed by atoms with E-state index in [0.717, 1.165) is 23.5 Å². The summed E-state index contributed by atoms with van der Waals surface area (Å²) in [5, 5.41) is 5.66. The lowest BCUT2D eigenvalue weighted by molar-refractivity contribution is -0.361. The summed E-state index contributed by atoms with van der Waals surface area (Å²) in [6.07, 6.45) is -2.96. The maximum atomic E-state index is 12.7. The maximum Gasteiger partial charge on any atom is 0.416 e. The van der Waals surface area contributed by atoms with Crippen LogP contribution in [0.1, 0.15) is 21.5 Å². The predicted octanol–water partition coefficient (Wildman–Crippen LogP) is 4.38. The normalized spacial score (nSPS) is 11.1. The minimum absolute atomic E-state index is 0.0844. The van der Waals surface area contributed by atoms with E-state index < -0.39 is 17.6 Å². The van der Waals surface area contributed by atoms with Gasteiger partial charge in [-0.1, -0.05) is 36.4 Å². The zero-order valence-corrected chi connectivity index (χ0v) is 14.2. The third-order valence-corrected chi connectivity index (χ3v) is 3.85. The van der Waals surface area contributed by atoms with Crippen LogP contribution in [0.5, 0.6) is 0 Å². The Hall–Kier alpha value is -3.35. The number of rotatable bonds is 5. The van der Waals surface area contributed by atoms with Gasteiger partial charge in [0.15, 0.2) is 0 Å². The van der Waals surface area contributed by atoms with Crippen molar-refractivity contribution in [3.63, 3.8) is 0 Å². The van der Waals surface area contributed by atoms with Crippen LogP contribution in [0.25, 0.3) is 0 Å². The number of nitrogens with one attached hydrogen (secondary N) is 3. The van der Waals surface area contributed by atoms with E-state index in [4.69, 9.17) is 0 Å². The van der Waals surface area contributed by atoms with Crippen molar-refractivity contribution < 1.29 is 22.9 Å². The SMILES string of the molecule is O=C(Nc1cccc(C(F)(F)F)c1)c1ccc(NCc2ccccc2)[nH+]c1. The molecule has 138 valence electrons. The number of carbonyl (C=O) groups is 1. The van der Waals surface area contributed by atoms with Crippen LogP contribution in [-0.2, 0) is 12.7 Å². The molecule has 0 aliphatic heterocycles. The van der Waals surface area contributed by atoms with Crippen LogP contribution in [0.2, 0.25) is 0 Å². The average molecular weight is 372 g/mol. The van der Waals surface area contributed by atoms with Crippen LogP contribution in [0, 0.1) is 0 Å². The largest absolute Gasteiger partial charge is 0.416 e. The quantitative estimate of drug-likeness (QED) is 0.698. The lowest BCUT2D eigenvalue weighted by atomic mass is 10.2. The molecule has 3 rings (SSSR count). The fourth-order valence-electron chi connectivity index (χ4n) is 2.45. The minimum Gasteiger partial charge on any atom is -0.322 e. The molecule has 1 amide bonds. The number of aromatic nitrogens is 1. The van der Waals surface area contributed by atoms with Gasteiger partial charge in [0.1, 0.15) is 12.7 Å². The van der Waals surface area contributed by atoms with Crippen molar-refractivity contribution in [1.82, 2.24) is 0 Å². The van der Waals surface area contributed by atoms with E-state index in [1.807, 2.05) is 30.3 Å². The zero-order chi connectivity index (χ0) is 19.3. The summed E-state index contributed by atoms with van der Waals surface area (Å²) in [5.41, 5.74) is 0.684. The second kappa shape index (κ2) is 7.90. The second-order valence-electron chi connectivity index (χ2n) is 5.86. The van der Waals surface area contributed by atoms with Crippen LogP contribution in [-0.4, -0.2) is 5.91 Å². The standard InChI is InChI=1S/C20H16F3N3O/c21-20(22,23)16-7-4-8-17(11-16)26-19(27)15-9-10-18(25-13-15)24-12-14-5-2-1-3-6-14/h1-11,13H,12H2,(H,24,25)(H,26,27)/p+1. The first-order valence-electron chi connectivity index (χ1n) is 8.20.